The van der Waals surface area contributed by atoms with Crippen molar-refractivity contribution in [3.8, 4) is 11.8 Å². The molecule has 0 saturated carbocycles. The van der Waals surface area contributed by atoms with E-state index in [0.717, 1.165) is 11.1 Å². The molecule has 2 amide bonds. The Bertz CT molecular complexity index is 585. The van der Waals surface area contributed by atoms with Crippen LogP contribution in [0.3, 0.4) is 0 Å². The molecule has 0 heterocycles. The molecule has 0 fully saturated rings. The van der Waals surface area contributed by atoms with Crippen molar-refractivity contribution < 1.29 is 9.59 Å². The van der Waals surface area contributed by atoms with Crippen molar-refractivity contribution in [1.29, 1.82) is 0 Å². The Hall–Kier alpha value is -2.32. The number of likely N-dealkylation sites (N-methyl/N-ethyl adjacent to an activating group) is 1. The number of nitrogens with two attached hydrogens (primary N) is 1. The summed E-state index contributed by atoms with van der Waals surface area (Å²) in [5.74, 6) is 5.24. The van der Waals surface area contributed by atoms with Gasteiger partial charge in [-0.2, -0.15) is 0 Å². The van der Waals surface area contributed by atoms with E-state index in [1.807, 2.05) is 13.8 Å². The zero-order valence-electron chi connectivity index (χ0n) is 12.6. The molecule has 1 unspecified atom stereocenters. The summed E-state index contributed by atoms with van der Waals surface area (Å²) in [5.41, 5.74) is 7.58. The maximum absolute atomic E-state index is 12.1. The summed E-state index contributed by atoms with van der Waals surface area (Å²) in [4.78, 5) is 23.7. The molecule has 5 heteroatoms. The second-order valence-electron chi connectivity index (χ2n) is 4.63. The number of amides is 2. The van der Waals surface area contributed by atoms with Gasteiger partial charge in [-0.05, 0) is 44.5 Å². The summed E-state index contributed by atoms with van der Waals surface area (Å²) in [6.45, 7) is 6.19. The first-order valence-electron chi connectivity index (χ1n) is 6.87. The van der Waals surface area contributed by atoms with Crippen LogP contribution in [0, 0.1) is 18.8 Å². The third-order valence-electron chi connectivity index (χ3n) is 2.91. The first-order chi connectivity index (χ1) is 9.99. The van der Waals surface area contributed by atoms with E-state index in [1.165, 1.54) is 0 Å². The number of nitrogens with one attached hydrogen (secondary N) is 2. The van der Waals surface area contributed by atoms with Gasteiger partial charge in [0.05, 0.1) is 6.54 Å². The summed E-state index contributed by atoms with van der Waals surface area (Å²) < 4.78 is 0. The molecule has 1 aromatic rings. The third kappa shape index (κ3) is 4.93. The lowest BCUT2D eigenvalue weighted by Crippen LogP contribution is -2.44. The number of hydrogen-bond donors (Lipinski definition) is 3. The fraction of sp³-hybridized carbons (Fsp3) is 0.375. The van der Waals surface area contributed by atoms with Crippen molar-refractivity contribution in [2.24, 2.45) is 5.73 Å². The lowest BCUT2D eigenvalue weighted by atomic mass is 10.0. The zero-order chi connectivity index (χ0) is 15.8. The first kappa shape index (κ1) is 16.7. The molecular formula is C16H21N3O2. The van der Waals surface area contributed by atoms with Gasteiger partial charge in [0, 0.05) is 17.7 Å². The highest BCUT2D eigenvalue weighted by Crippen LogP contribution is 2.10. The quantitative estimate of drug-likeness (QED) is 0.707. The number of carbonyl (C=O) groups excluding carboxylic acids is 2. The van der Waals surface area contributed by atoms with Crippen molar-refractivity contribution in [3.05, 3.63) is 34.9 Å². The van der Waals surface area contributed by atoms with Crippen LogP contribution in [0.2, 0.25) is 0 Å². The number of benzene rings is 1. The SMILES string of the molecule is CCNC(=O)C(C)NC(=O)c1ccc(C#CCN)c(C)c1. The molecule has 1 rings (SSSR count). The highest BCUT2D eigenvalue weighted by molar-refractivity contribution is 5.97. The zero-order valence-corrected chi connectivity index (χ0v) is 12.6. The average Bonchev–Trinajstić information content (AvgIpc) is 2.46. The molecule has 112 valence electrons. The maximum Gasteiger partial charge on any atom is 0.251 e. The largest absolute Gasteiger partial charge is 0.355 e. The van der Waals surface area contributed by atoms with Crippen LogP contribution in [0.4, 0.5) is 0 Å². The third-order valence-corrected chi connectivity index (χ3v) is 2.91. The van der Waals surface area contributed by atoms with Gasteiger partial charge in [-0.15, -0.1) is 0 Å². The van der Waals surface area contributed by atoms with Gasteiger partial charge in [0.15, 0.2) is 0 Å². The molecule has 0 bridgehead atoms. The summed E-state index contributed by atoms with van der Waals surface area (Å²) >= 11 is 0. The highest BCUT2D eigenvalue weighted by atomic mass is 16.2. The molecular weight excluding hydrogens is 266 g/mol. The Morgan fingerprint density at radius 1 is 1.38 bits per heavy atom. The van der Waals surface area contributed by atoms with E-state index < -0.39 is 6.04 Å². The Balaban J connectivity index is 2.80. The molecule has 0 aliphatic carbocycles. The molecule has 0 aromatic heterocycles. The number of hydrogen-bond acceptors (Lipinski definition) is 3. The van der Waals surface area contributed by atoms with Gasteiger partial charge in [-0.25, -0.2) is 0 Å². The second-order valence-corrected chi connectivity index (χ2v) is 4.63. The molecule has 1 atom stereocenters. The van der Waals surface area contributed by atoms with Gasteiger partial charge >= 0.3 is 0 Å². The number of rotatable bonds is 4. The van der Waals surface area contributed by atoms with Gasteiger partial charge in [0.1, 0.15) is 6.04 Å². The lowest BCUT2D eigenvalue weighted by molar-refractivity contribution is -0.122. The maximum atomic E-state index is 12.1. The summed E-state index contributed by atoms with van der Waals surface area (Å²) in [5, 5.41) is 5.33. The van der Waals surface area contributed by atoms with E-state index in [4.69, 9.17) is 5.73 Å². The van der Waals surface area contributed by atoms with Crippen molar-refractivity contribution in [2.45, 2.75) is 26.8 Å². The van der Waals surface area contributed by atoms with Crippen LogP contribution < -0.4 is 16.4 Å². The second kappa shape index (κ2) is 8.08. The van der Waals surface area contributed by atoms with E-state index in [0.29, 0.717) is 18.7 Å². The van der Waals surface area contributed by atoms with Gasteiger partial charge in [0.2, 0.25) is 5.91 Å². The summed E-state index contributed by atoms with van der Waals surface area (Å²) in [7, 11) is 0. The first-order valence-corrected chi connectivity index (χ1v) is 6.87. The Morgan fingerprint density at radius 3 is 2.67 bits per heavy atom. The van der Waals surface area contributed by atoms with Gasteiger partial charge in [-0.3, -0.25) is 9.59 Å². The minimum absolute atomic E-state index is 0.201. The fourth-order valence-corrected chi connectivity index (χ4v) is 1.76. The summed E-state index contributed by atoms with van der Waals surface area (Å²) in [6.07, 6.45) is 0. The molecule has 5 nitrogen and oxygen atoms in total. The lowest BCUT2D eigenvalue weighted by Gasteiger charge is -2.13. The van der Waals surface area contributed by atoms with Crippen molar-refractivity contribution in [3.63, 3.8) is 0 Å². The molecule has 0 aliphatic rings. The standard InChI is InChI=1S/C16H21N3O2/c1-4-18-15(20)12(3)19-16(21)14-8-7-13(6-5-9-17)11(2)10-14/h7-8,10,12H,4,9,17H2,1-3H3,(H,18,20)(H,19,21). The predicted octanol–water partition coefficient (Wildman–Crippen LogP) is 0.560. The van der Waals surface area contributed by atoms with Crippen molar-refractivity contribution >= 4 is 11.8 Å². The number of carbonyl (C=O) groups is 2. The van der Waals surface area contributed by atoms with Crippen LogP contribution in [0.1, 0.15) is 35.3 Å². The van der Waals surface area contributed by atoms with E-state index in [1.54, 1.807) is 25.1 Å². The Kier molecular flexibility index (Phi) is 6.44. The van der Waals surface area contributed by atoms with E-state index in [-0.39, 0.29) is 11.8 Å². The minimum atomic E-state index is -0.575. The van der Waals surface area contributed by atoms with E-state index in [2.05, 4.69) is 22.5 Å². The predicted molar refractivity (Wildman–Crippen MR) is 82.7 cm³/mol. The monoisotopic (exact) mass is 287 g/mol. The van der Waals surface area contributed by atoms with Crippen LogP contribution in [0.25, 0.3) is 0 Å². The van der Waals surface area contributed by atoms with Crippen LogP contribution >= 0.6 is 0 Å². The normalized spacial score (nSPS) is 11.0. The molecule has 1 aromatic carbocycles. The molecule has 4 N–H and O–H groups in total. The number of aryl methyl sites for hydroxylation is 1. The highest BCUT2D eigenvalue weighted by Gasteiger charge is 2.16. The topological polar surface area (TPSA) is 84.2 Å². The minimum Gasteiger partial charge on any atom is -0.355 e. The molecule has 0 radical (unpaired) electrons. The van der Waals surface area contributed by atoms with E-state index in [9.17, 15) is 9.59 Å². The van der Waals surface area contributed by atoms with Gasteiger partial charge in [0.25, 0.3) is 5.91 Å². The van der Waals surface area contributed by atoms with Crippen LogP contribution in [0.5, 0.6) is 0 Å². The van der Waals surface area contributed by atoms with Crippen LogP contribution in [-0.4, -0.2) is 30.9 Å². The molecule has 0 saturated heterocycles. The van der Waals surface area contributed by atoms with Crippen LogP contribution in [-0.2, 0) is 4.79 Å². The Morgan fingerprint density at radius 2 is 2.10 bits per heavy atom. The fourth-order valence-electron chi connectivity index (χ4n) is 1.76. The van der Waals surface area contributed by atoms with Crippen LogP contribution in [0.15, 0.2) is 18.2 Å². The molecule has 0 aliphatic heterocycles. The smallest absolute Gasteiger partial charge is 0.251 e. The molecule has 0 spiro atoms. The Labute approximate surface area is 125 Å². The summed E-state index contributed by atoms with van der Waals surface area (Å²) in [6, 6.07) is 4.64. The van der Waals surface area contributed by atoms with E-state index >= 15 is 0 Å². The van der Waals surface area contributed by atoms with Crippen molar-refractivity contribution in [1.82, 2.24) is 10.6 Å². The van der Waals surface area contributed by atoms with Gasteiger partial charge in [-0.1, -0.05) is 11.8 Å². The molecule has 21 heavy (non-hydrogen) atoms. The average molecular weight is 287 g/mol. The van der Waals surface area contributed by atoms with Crippen molar-refractivity contribution in [2.75, 3.05) is 13.1 Å². The van der Waals surface area contributed by atoms with Gasteiger partial charge < -0.3 is 16.4 Å².